The SMILES string of the molecule is Clc1cn(CC2CCCCO2)nc1I. The summed E-state index contributed by atoms with van der Waals surface area (Å²) in [6.07, 6.45) is 5.76. The van der Waals surface area contributed by atoms with Gasteiger partial charge in [0.15, 0.2) is 0 Å². The number of rotatable bonds is 2. The molecule has 0 N–H and O–H groups in total. The molecule has 2 rings (SSSR count). The van der Waals surface area contributed by atoms with Crippen molar-refractivity contribution >= 4 is 34.2 Å². The number of hydrogen-bond acceptors (Lipinski definition) is 2. The Bertz CT molecular complexity index is 290. The van der Waals surface area contributed by atoms with Crippen LogP contribution in [0.25, 0.3) is 0 Å². The van der Waals surface area contributed by atoms with E-state index in [0.29, 0.717) is 6.10 Å². The van der Waals surface area contributed by atoms with Crippen molar-refractivity contribution in [1.82, 2.24) is 9.78 Å². The van der Waals surface area contributed by atoms with E-state index in [1.165, 1.54) is 12.8 Å². The molecule has 3 nitrogen and oxygen atoms in total. The molecule has 1 aromatic heterocycles. The van der Waals surface area contributed by atoms with Crippen LogP contribution in [0, 0.1) is 3.70 Å². The van der Waals surface area contributed by atoms with Crippen LogP contribution >= 0.6 is 34.2 Å². The van der Waals surface area contributed by atoms with Crippen LogP contribution in [0.5, 0.6) is 0 Å². The lowest BCUT2D eigenvalue weighted by Gasteiger charge is -2.22. The summed E-state index contributed by atoms with van der Waals surface area (Å²) in [5, 5.41) is 5.02. The fraction of sp³-hybridized carbons (Fsp3) is 0.667. The number of aromatic nitrogens is 2. The first kappa shape index (κ1) is 10.7. The summed E-state index contributed by atoms with van der Waals surface area (Å²) >= 11 is 8.05. The van der Waals surface area contributed by atoms with Crippen LogP contribution in [0.15, 0.2) is 6.20 Å². The molecule has 1 atom stereocenters. The second-order valence-corrected chi connectivity index (χ2v) is 4.91. The molecule has 0 aromatic carbocycles. The average Bonchev–Trinajstić information content (AvgIpc) is 2.47. The molecule has 1 saturated heterocycles. The summed E-state index contributed by atoms with van der Waals surface area (Å²) in [5.74, 6) is 0. The quantitative estimate of drug-likeness (QED) is 0.781. The topological polar surface area (TPSA) is 27.1 Å². The van der Waals surface area contributed by atoms with Crippen LogP contribution in [0.3, 0.4) is 0 Å². The molecule has 0 aliphatic carbocycles. The van der Waals surface area contributed by atoms with Gasteiger partial charge in [-0.3, -0.25) is 4.68 Å². The molecule has 1 fully saturated rings. The average molecular weight is 327 g/mol. The number of nitrogens with zero attached hydrogens (tertiary/aromatic N) is 2. The van der Waals surface area contributed by atoms with Crippen LogP contribution < -0.4 is 0 Å². The lowest BCUT2D eigenvalue weighted by atomic mass is 10.1. The molecule has 1 aliphatic rings. The molecule has 5 heteroatoms. The highest BCUT2D eigenvalue weighted by Crippen LogP contribution is 2.18. The lowest BCUT2D eigenvalue weighted by Crippen LogP contribution is -2.24. The van der Waals surface area contributed by atoms with Crippen molar-refractivity contribution < 1.29 is 4.74 Å². The number of halogens is 2. The minimum atomic E-state index is 0.315. The second kappa shape index (κ2) is 4.81. The molecular formula is C9H12ClIN2O. The molecule has 1 aliphatic heterocycles. The summed E-state index contributed by atoms with van der Waals surface area (Å²) in [5.41, 5.74) is 0. The predicted octanol–water partition coefficient (Wildman–Crippen LogP) is 2.71. The van der Waals surface area contributed by atoms with Crippen molar-refractivity contribution in [1.29, 1.82) is 0 Å². The monoisotopic (exact) mass is 326 g/mol. The van der Waals surface area contributed by atoms with Crippen LogP contribution in [-0.2, 0) is 11.3 Å². The minimum absolute atomic E-state index is 0.315. The molecular weight excluding hydrogens is 314 g/mol. The Morgan fingerprint density at radius 3 is 3.07 bits per heavy atom. The number of ether oxygens (including phenoxy) is 1. The van der Waals surface area contributed by atoms with E-state index in [2.05, 4.69) is 27.7 Å². The van der Waals surface area contributed by atoms with Gasteiger partial charge in [-0.1, -0.05) is 11.6 Å². The summed E-state index contributed by atoms with van der Waals surface area (Å²) < 4.78 is 8.36. The van der Waals surface area contributed by atoms with Gasteiger partial charge in [-0.25, -0.2) is 0 Å². The summed E-state index contributed by atoms with van der Waals surface area (Å²) in [6.45, 7) is 1.71. The Balaban J connectivity index is 1.95. The van der Waals surface area contributed by atoms with Crippen LogP contribution in [0.2, 0.25) is 5.02 Å². The van der Waals surface area contributed by atoms with E-state index < -0.39 is 0 Å². The van der Waals surface area contributed by atoms with Crippen molar-refractivity contribution in [3.8, 4) is 0 Å². The zero-order valence-electron chi connectivity index (χ0n) is 7.75. The van der Waals surface area contributed by atoms with Gasteiger partial charge in [0.05, 0.1) is 17.7 Å². The van der Waals surface area contributed by atoms with Crippen LogP contribution in [0.4, 0.5) is 0 Å². The minimum Gasteiger partial charge on any atom is -0.376 e. The Kier molecular flexibility index (Phi) is 3.67. The van der Waals surface area contributed by atoms with Gasteiger partial charge in [-0.05, 0) is 41.9 Å². The Labute approximate surface area is 102 Å². The van der Waals surface area contributed by atoms with Gasteiger partial charge in [0, 0.05) is 12.8 Å². The van der Waals surface area contributed by atoms with E-state index in [4.69, 9.17) is 16.3 Å². The summed E-state index contributed by atoms with van der Waals surface area (Å²) in [4.78, 5) is 0. The number of hydrogen-bond donors (Lipinski definition) is 0. The zero-order valence-corrected chi connectivity index (χ0v) is 10.7. The van der Waals surface area contributed by atoms with E-state index in [0.717, 1.165) is 28.3 Å². The molecule has 0 spiro atoms. The fourth-order valence-electron chi connectivity index (χ4n) is 1.63. The molecule has 0 bridgehead atoms. The normalized spacial score (nSPS) is 22.6. The van der Waals surface area contributed by atoms with Crippen LogP contribution in [0.1, 0.15) is 19.3 Å². The molecule has 2 heterocycles. The molecule has 78 valence electrons. The first-order valence-corrected chi connectivity index (χ1v) is 6.21. The fourth-order valence-corrected chi connectivity index (χ4v) is 2.19. The van der Waals surface area contributed by atoms with Gasteiger partial charge in [0.25, 0.3) is 0 Å². The van der Waals surface area contributed by atoms with Crippen molar-refractivity contribution in [2.75, 3.05) is 6.61 Å². The zero-order chi connectivity index (χ0) is 9.97. The lowest BCUT2D eigenvalue weighted by molar-refractivity contribution is 0.00394. The summed E-state index contributed by atoms with van der Waals surface area (Å²) in [7, 11) is 0. The van der Waals surface area contributed by atoms with Crippen LogP contribution in [-0.4, -0.2) is 22.5 Å². The van der Waals surface area contributed by atoms with Crippen molar-refractivity contribution in [3.05, 3.63) is 14.9 Å². The highest BCUT2D eigenvalue weighted by molar-refractivity contribution is 14.1. The van der Waals surface area contributed by atoms with Crippen molar-refractivity contribution in [2.45, 2.75) is 31.9 Å². The summed E-state index contributed by atoms with van der Waals surface area (Å²) in [6, 6.07) is 0. The first-order valence-electron chi connectivity index (χ1n) is 4.76. The molecule has 14 heavy (non-hydrogen) atoms. The van der Waals surface area contributed by atoms with Gasteiger partial charge in [-0.2, -0.15) is 5.10 Å². The van der Waals surface area contributed by atoms with Gasteiger partial charge in [0.2, 0.25) is 0 Å². The third-order valence-electron chi connectivity index (χ3n) is 2.34. The highest BCUT2D eigenvalue weighted by Gasteiger charge is 2.15. The molecule has 0 radical (unpaired) electrons. The molecule has 0 amide bonds. The second-order valence-electron chi connectivity index (χ2n) is 3.48. The van der Waals surface area contributed by atoms with E-state index in [1.54, 1.807) is 0 Å². The third-order valence-corrected chi connectivity index (χ3v) is 3.73. The predicted molar refractivity (Wildman–Crippen MR) is 63.5 cm³/mol. The highest BCUT2D eigenvalue weighted by atomic mass is 127. The maximum atomic E-state index is 5.92. The molecule has 1 aromatic rings. The molecule has 0 saturated carbocycles. The smallest absolute Gasteiger partial charge is 0.141 e. The van der Waals surface area contributed by atoms with E-state index in [1.807, 2.05) is 10.9 Å². The Hall–Kier alpha value is 0.190. The van der Waals surface area contributed by atoms with Crippen molar-refractivity contribution in [3.63, 3.8) is 0 Å². The maximum Gasteiger partial charge on any atom is 0.141 e. The van der Waals surface area contributed by atoms with E-state index in [-0.39, 0.29) is 0 Å². The standard InChI is InChI=1S/C9H12ClIN2O/c10-8-6-13(12-9(8)11)5-7-3-1-2-4-14-7/h6-7H,1-5H2. The van der Waals surface area contributed by atoms with Gasteiger partial charge >= 0.3 is 0 Å². The Morgan fingerprint density at radius 2 is 2.50 bits per heavy atom. The van der Waals surface area contributed by atoms with Gasteiger partial charge < -0.3 is 4.74 Å². The molecule has 1 unspecified atom stereocenters. The first-order chi connectivity index (χ1) is 6.75. The van der Waals surface area contributed by atoms with Crippen molar-refractivity contribution in [2.24, 2.45) is 0 Å². The maximum absolute atomic E-state index is 5.92. The van der Waals surface area contributed by atoms with E-state index in [9.17, 15) is 0 Å². The van der Waals surface area contributed by atoms with E-state index >= 15 is 0 Å². The van der Waals surface area contributed by atoms with Gasteiger partial charge in [0.1, 0.15) is 3.70 Å². The third kappa shape index (κ3) is 2.61. The van der Waals surface area contributed by atoms with Gasteiger partial charge in [-0.15, -0.1) is 0 Å². The Morgan fingerprint density at radius 1 is 1.64 bits per heavy atom. The largest absolute Gasteiger partial charge is 0.376 e.